The molecule has 0 amide bonds. The second-order valence-electron chi connectivity index (χ2n) is 3.33. The first-order valence-corrected chi connectivity index (χ1v) is 13.1. The van der Waals surface area contributed by atoms with E-state index < -0.39 is 21.8 Å². The van der Waals surface area contributed by atoms with Gasteiger partial charge in [-0.1, -0.05) is 0 Å². The van der Waals surface area contributed by atoms with Crippen LogP contribution in [-0.2, 0) is 4.74 Å². The molecular weight excluding hydrogens is 357 g/mol. The summed E-state index contributed by atoms with van der Waals surface area (Å²) < 4.78 is 11.8. The van der Waals surface area contributed by atoms with Crippen molar-refractivity contribution in [1.82, 2.24) is 0 Å². The maximum atomic E-state index is 5.36. The fourth-order valence-corrected chi connectivity index (χ4v) is 5.86. The summed E-state index contributed by atoms with van der Waals surface area (Å²) in [7, 11) is 1.77. The van der Waals surface area contributed by atoms with Gasteiger partial charge in [-0.3, -0.25) is 0 Å². The summed E-state index contributed by atoms with van der Waals surface area (Å²) in [5, 5.41) is 0. The quantitative estimate of drug-likeness (QED) is 0.739. The van der Waals surface area contributed by atoms with E-state index in [1.807, 2.05) is 0 Å². The normalized spacial score (nSPS) is 13.3. The predicted molar refractivity (Wildman–Crippen MR) is 59.0 cm³/mol. The fourth-order valence-electron chi connectivity index (χ4n) is 1.37. The molecule has 13 heavy (non-hydrogen) atoms. The molecule has 0 N–H and O–H groups in total. The Balaban J connectivity index is 3.04. The van der Waals surface area contributed by atoms with E-state index in [4.69, 9.17) is 4.74 Å². The fraction of sp³-hybridized carbons (Fsp3) is 0.455. The van der Waals surface area contributed by atoms with Gasteiger partial charge in [0, 0.05) is 0 Å². The van der Waals surface area contributed by atoms with Gasteiger partial charge in [0.15, 0.2) is 0 Å². The van der Waals surface area contributed by atoms with E-state index in [1.54, 1.807) is 10.4 Å². The van der Waals surface area contributed by atoms with Crippen LogP contribution in [0.4, 0.5) is 0 Å². The Labute approximate surface area is 88.8 Å². The molecule has 0 aromatic heterocycles. The molecule has 0 aliphatic carbocycles. The van der Waals surface area contributed by atoms with E-state index >= 15 is 0 Å². The van der Waals surface area contributed by atoms with Crippen molar-refractivity contribution < 1.29 is 4.74 Å². The zero-order valence-electron chi connectivity index (χ0n) is 8.74. The zero-order valence-corrected chi connectivity index (χ0v) is 12.2. The van der Waals surface area contributed by atoms with Crippen molar-refractivity contribution in [3.63, 3.8) is 0 Å². The van der Waals surface area contributed by atoms with E-state index in [0.717, 1.165) is 0 Å². The molecule has 1 unspecified atom stereocenters. The van der Waals surface area contributed by atoms with Gasteiger partial charge in [-0.25, -0.2) is 0 Å². The van der Waals surface area contributed by atoms with Gasteiger partial charge in [-0.15, -0.1) is 0 Å². The Bertz CT molecular complexity index is 271. The Morgan fingerprint density at radius 1 is 1.23 bits per heavy atom. The molecule has 0 saturated heterocycles. The third kappa shape index (κ3) is 2.75. The second kappa shape index (κ2) is 5.07. The third-order valence-corrected chi connectivity index (χ3v) is 7.54. The molecule has 1 nitrogen and oxygen atoms in total. The summed E-state index contributed by atoms with van der Waals surface area (Å²) in [5.74, 6) is 0. The minimum atomic E-state index is -1.32. The third-order valence-electron chi connectivity index (χ3n) is 2.21. The van der Waals surface area contributed by atoms with Crippen molar-refractivity contribution in [2.24, 2.45) is 0 Å². The van der Waals surface area contributed by atoms with E-state index in [9.17, 15) is 0 Å². The molecule has 0 aliphatic rings. The van der Waals surface area contributed by atoms with Gasteiger partial charge in [0.2, 0.25) is 0 Å². The van der Waals surface area contributed by atoms with E-state index in [2.05, 4.69) is 40.5 Å². The average molecular weight is 374 g/mol. The first-order chi connectivity index (χ1) is 6.16. The average Bonchev–Trinajstić information content (AvgIpc) is 2.16. The molecule has 0 aliphatic heterocycles. The van der Waals surface area contributed by atoms with Crippen LogP contribution in [0.25, 0.3) is 0 Å². The Morgan fingerprint density at radius 2 is 1.85 bits per heavy atom. The van der Waals surface area contributed by atoms with Crippen LogP contribution < -0.4 is 3.27 Å². The number of methoxy groups -OCH3 is 1. The molecule has 0 radical (unpaired) electrons. The minimum absolute atomic E-state index is 0.244. The van der Waals surface area contributed by atoms with Crippen LogP contribution in [0.2, 0.25) is 9.26 Å². The molecule has 1 aromatic rings. The predicted octanol–water partition coefficient (Wildman–Crippen LogP) is 2.36. The number of hydrogen-bond donors (Lipinski definition) is 0. The summed E-state index contributed by atoms with van der Waals surface area (Å²) in [5.41, 5.74) is 1.40. The Hall–Kier alpha value is 0.0631. The van der Waals surface area contributed by atoms with Crippen LogP contribution >= 0.6 is 0 Å². The maximum absolute atomic E-state index is 5.36. The van der Waals surface area contributed by atoms with Gasteiger partial charge in [0.1, 0.15) is 0 Å². The first kappa shape index (κ1) is 11.1. The van der Waals surface area contributed by atoms with Crippen LogP contribution in [0.5, 0.6) is 0 Å². The number of rotatable bonds is 3. The van der Waals surface area contributed by atoms with Crippen LogP contribution in [0, 0.1) is 0 Å². The van der Waals surface area contributed by atoms with E-state index in [-0.39, 0.29) is 6.10 Å². The molecule has 1 aromatic carbocycles. The van der Waals surface area contributed by atoms with Gasteiger partial charge >= 0.3 is 89.0 Å². The topological polar surface area (TPSA) is 9.23 Å². The van der Waals surface area contributed by atoms with Crippen molar-refractivity contribution >= 4 is 25.0 Å². The summed E-state index contributed by atoms with van der Waals surface area (Å²) in [6.07, 6.45) is 0.244. The molecule has 0 heterocycles. The van der Waals surface area contributed by atoms with E-state index in [0.29, 0.717) is 0 Å². The number of hydrogen-bond acceptors (Lipinski definition) is 1. The number of ether oxygens (including phenoxy) is 1. The SMILES string of the molecule is COC(C)c1cccc[c]1[Bi]([CH3])[CH3]. The van der Waals surface area contributed by atoms with Gasteiger partial charge in [-0.05, 0) is 0 Å². The van der Waals surface area contributed by atoms with Gasteiger partial charge in [0.05, 0.1) is 0 Å². The van der Waals surface area contributed by atoms with Crippen LogP contribution in [0.3, 0.4) is 0 Å². The van der Waals surface area contributed by atoms with Gasteiger partial charge in [0.25, 0.3) is 0 Å². The summed E-state index contributed by atoms with van der Waals surface area (Å²) >= 11 is -1.32. The van der Waals surface area contributed by atoms with Crippen LogP contribution in [0.15, 0.2) is 24.3 Å². The summed E-state index contributed by atoms with van der Waals surface area (Å²) in [6, 6.07) is 8.69. The molecule has 0 fully saturated rings. The van der Waals surface area contributed by atoms with Crippen molar-refractivity contribution in [1.29, 1.82) is 0 Å². The monoisotopic (exact) mass is 374 g/mol. The van der Waals surface area contributed by atoms with Gasteiger partial charge < -0.3 is 0 Å². The molecule has 1 atom stereocenters. The molecular formula is C11H17BiO. The molecule has 0 bridgehead atoms. The van der Waals surface area contributed by atoms with E-state index in [1.165, 1.54) is 5.56 Å². The molecule has 0 saturated carbocycles. The summed E-state index contributed by atoms with van der Waals surface area (Å²) in [4.78, 5) is 0. The Kier molecular flexibility index (Phi) is 4.35. The second-order valence-corrected chi connectivity index (χ2v) is 12.2. The van der Waals surface area contributed by atoms with Crippen molar-refractivity contribution in [2.45, 2.75) is 22.3 Å². The molecule has 0 spiro atoms. The Morgan fingerprint density at radius 3 is 2.38 bits per heavy atom. The van der Waals surface area contributed by atoms with Crippen LogP contribution in [0.1, 0.15) is 18.6 Å². The zero-order chi connectivity index (χ0) is 9.84. The first-order valence-electron chi connectivity index (χ1n) is 4.46. The summed E-state index contributed by atoms with van der Waals surface area (Å²) in [6.45, 7) is 2.12. The van der Waals surface area contributed by atoms with Crippen molar-refractivity contribution in [3.05, 3.63) is 29.8 Å². The number of benzene rings is 1. The molecule has 2 heteroatoms. The molecule has 72 valence electrons. The molecule has 1 rings (SSSR count). The van der Waals surface area contributed by atoms with Crippen LogP contribution in [-0.4, -0.2) is 28.9 Å². The van der Waals surface area contributed by atoms with Gasteiger partial charge in [-0.2, -0.15) is 0 Å². The standard InChI is InChI=1S/C9H11O.2CH3.Bi/c1-8(10-2)9-6-4-3-5-7-9;;;/h3-6,8H,1-2H3;2*1H3;. The van der Waals surface area contributed by atoms with Crippen molar-refractivity contribution in [2.75, 3.05) is 7.11 Å². The van der Waals surface area contributed by atoms with Crippen molar-refractivity contribution in [3.8, 4) is 0 Å².